The van der Waals surface area contributed by atoms with Crippen LogP contribution < -0.4 is 4.90 Å². The Balaban J connectivity index is 1.95. The molecule has 2 atom stereocenters. The number of carbonyl (C=O) groups is 1. The number of nitriles is 1. The minimum Gasteiger partial charge on any atom is -0.465 e. The molecule has 2 aliphatic heterocycles. The van der Waals surface area contributed by atoms with E-state index in [0.717, 1.165) is 12.1 Å². The van der Waals surface area contributed by atoms with Crippen molar-refractivity contribution in [2.24, 2.45) is 0 Å². The monoisotopic (exact) mass is 257 g/mol. The Morgan fingerprint density at radius 2 is 2.26 bits per heavy atom. The van der Waals surface area contributed by atoms with Crippen LogP contribution in [0.25, 0.3) is 0 Å². The molecular weight excluding hydrogens is 242 g/mol. The minimum absolute atomic E-state index is 0.144. The van der Waals surface area contributed by atoms with Crippen molar-refractivity contribution in [2.75, 3.05) is 18.0 Å². The Morgan fingerprint density at radius 3 is 2.95 bits per heavy atom. The van der Waals surface area contributed by atoms with Gasteiger partial charge in [-0.25, -0.2) is 4.79 Å². The highest BCUT2D eigenvalue weighted by Crippen LogP contribution is 2.37. The van der Waals surface area contributed by atoms with Crippen LogP contribution in [0.1, 0.15) is 18.1 Å². The van der Waals surface area contributed by atoms with Gasteiger partial charge in [0.1, 0.15) is 0 Å². The molecule has 0 bridgehead atoms. The Bertz CT molecular complexity index is 579. The van der Waals surface area contributed by atoms with Gasteiger partial charge < -0.3 is 14.9 Å². The molecule has 0 unspecified atom stereocenters. The molecule has 1 N–H and O–H groups in total. The van der Waals surface area contributed by atoms with Crippen molar-refractivity contribution in [2.45, 2.75) is 25.4 Å². The van der Waals surface area contributed by atoms with Gasteiger partial charge in [-0.3, -0.25) is 0 Å². The van der Waals surface area contributed by atoms with Crippen LogP contribution in [0.15, 0.2) is 18.2 Å². The van der Waals surface area contributed by atoms with Crippen LogP contribution in [0, 0.1) is 11.3 Å². The number of amides is 1. The van der Waals surface area contributed by atoms with Crippen molar-refractivity contribution in [1.29, 1.82) is 5.26 Å². The van der Waals surface area contributed by atoms with Gasteiger partial charge in [0, 0.05) is 24.8 Å². The van der Waals surface area contributed by atoms with Gasteiger partial charge in [0.2, 0.25) is 0 Å². The van der Waals surface area contributed by atoms with Gasteiger partial charge >= 0.3 is 6.09 Å². The first-order chi connectivity index (χ1) is 9.10. The zero-order chi connectivity index (χ0) is 13.6. The third-order valence-corrected chi connectivity index (χ3v) is 4.00. The van der Waals surface area contributed by atoms with Gasteiger partial charge in [0.05, 0.1) is 17.7 Å². The van der Waals surface area contributed by atoms with Crippen molar-refractivity contribution in [3.05, 3.63) is 29.3 Å². The van der Waals surface area contributed by atoms with E-state index in [0.29, 0.717) is 18.7 Å². The summed E-state index contributed by atoms with van der Waals surface area (Å²) in [7, 11) is 0. The predicted octanol–water partition coefficient (Wildman–Crippen LogP) is 1.67. The third kappa shape index (κ3) is 1.80. The van der Waals surface area contributed by atoms with E-state index < -0.39 is 6.09 Å². The van der Waals surface area contributed by atoms with E-state index in [1.807, 2.05) is 25.1 Å². The molecule has 0 spiro atoms. The molecule has 1 amide bonds. The molecule has 19 heavy (non-hydrogen) atoms. The first kappa shape index (κ1) is 11.8. The maximum Gasteiger partial charge on any atom is 0.407 e. The lowest BCUT2D eigenvalue weighted by Crippen LogP contribution is -2.57. The summed E-state index contributed by atoms with van der Waals surface area (Å²) in [6.45, 7) is 3.09. The number of carboxylic acid groups (broad SMARTS) is 1. The minimum atomic E-state index is -0.847. The summed E-state index contributed by atoms with van der Waals surface area (Å²) in [5.41, 5.74) is 2.97. The Labute approximate surface area is 111 Å². The second-order valence-electron chi connectivity index (χ2n) is 5.26. The molecule has 1 aromatic carbocycles. The van der Waals surface area contributed by atoms with Crippen LogP contribution in [-0.2, 0) is 6.42 Å². The van der Waals surface area contributed by atoms with Gasteiger partial charge in [0.25, 0.3) is 0 Å². The number of rotatable bonds is 0. The van der Waals surface area contributed by atoms with Crippen molar-refractivity contribution in [1.82, 2.24) is 4.90 Å². The molecule has 0 aliphatic carbocycles. The van der Waals surface area contributed by atoms with Crippen LogP contribution in [0.2, 0.25) is 0 Å². The van der Waals surface area contributed by atoms with Crippen molar-refractivity contribution in [3.63, 3.8) is 0 Å². The number of hydrogen-bond acceptors (Lipinski definition) is 3. The molecule has 3 rings (SSSR count). The first-order valence-electron chi connectivity index (χ1n) is 6.39. The van der Waals surface area contributed by atoms with Gasteiger partial charge in [-0.05, 0) is 31.0 Å². The van der Waals surface area contributed by atoms with Gasteiger partial charge in [-0.2, -0.15) is 5.26 Å². The average molecular weight is 257 g/mol. The van der Waals surface area contributed by atoms with Gasteiger partial charge in [-0.1, -0.05) is 6.07 Å². The zero-order valence-corrected chi connectivity index (χ0v) is 10.7. The Kier molecular flexibility index (Phi) is 2.59. The van der Waals surface area contributed by atoms with Gasteiger partial charge in [0.15, 0.2) is 0 Å². The lowest BCUT2D eigenvalue weighted by molar-refractivity contribution is 0.128. The number of hydrogen-bond donors (Lipinski definition) is 1. The zero-order valence-electron chi connectivity index (χ0n) is 10.7. The fourth-order valence-corrected chi connectivity index (χ4v) is 3.24. The lowest BCUT2D eigenvalue weighted by atomic mass is 10.1. The van der Waals surface area contributed by atoms with Crippen LogP contribution >= 0.6 is 0 Å². The molecule has 5 nitrogen and oxygen atoms in total. The van der Waals surface area contributed by atoms with Gasteiger partial charge in [-0.15, -0.1) is 0 Å². The molecule has 0 saturated carbocycles. The quantitative estimate of drug-likeness (QED) is 0.767. The molecule has 2 aliphatic rings. The fourth-order valence-electron chi connectivity index (χ4n) is 3.24. The average Bonchev–Trinajstić information content (AvgIpc) is 2.76. The lowest BCUT2D eigenvalue weighted by Gasteiger charge is -2.42. The largest absolute Gasteiger partial charge is 0.465 e. The highest BCUT2D eigenvalue weighted by molar-refractivity contribution is 5.68. The summed E-state index contributed by atoms with van der Waals surface area (Å²) < 4.78 is 0. The summed E-state index contributed by atoms with van der Waals surface area (Å²) in [6.07, 6.45) is 0.00925. The summed E-state index contributed by atoms with van der Waals surface area (Å²) in [5, 5.41) is 18.1. The topological polar surface area (TPSA) is 67.6 Å². The number of anilines is 1. The van der Waals surface area contributed by atoms with Crippen LogP contribution in [0.3, 0.4) is 0 Å². The predicted molar refractivity (Wildman–Crippen MR) is 70.2 cm³/mol. The third-order valence-electron chi connectivity index (χ3n) is 4.00. The van der Waals surface area contributed by atoms with E-state index in [2.05, 4.69) is 11.0 Å². The molecule has 2 heterocycles. The number of fused-ring (bicyclic) bond motifs is 3. The number of benzene rings is 1. The molecule has 5 heteroatoms. The molecule has 1 saturated heterocycles. The van der Waals surface area contributed by atoms with E-state index in [9.17, 15) is 4.79 Å². The van der Waals surface area contributed by atoms with Crippen molar-refractivity contribution in [3.8, 4) is 6.07 Å². The second-order valence-corrected chi connectivity index (χ2v) is 5.26. The molecule has 0 radical (unpaired) electrons. The van der Waals surface area contributed by atoms with Crippen molar-refractivity contribution >= 4 is 11.8 Å². The van der Waals surface area contributed by atoms with Crippen LogP contribution in [0.5, 0.6) is 0 Å². The summed E-state index contributed by atoms with van der Waals surface area (Å²) in [6, 6.07) is 8.24. The standard InChI is InChI=1S/C14H15N3O2/c1-9-7-16(14(18)19)8-12-5-11-3-2-10(6-15)4-13(11)17(9)12/h2-4,9,12H,5,7-8H2,1H3,(H,18,19)/t9-,12-/m1/s1. The Morgan fingerprint density at radius 1 is 1.47 bits per heavy atom. The normalized spacial score (nSPS) is 24.6. The highest BCUT2D eigenvalue weighted by Gasteiger charge is 2.39. The van der Waals surface area contributed by atoms with E-state index in [1.54, 1.807) is 0 Å². The first-order valence-corrected chi connectivity index (χ1v) is 6.39. The van der Waals surface area contributed by atoms with E-state index in [4.69, 9.17) is 10.4 Å². The van der Waals surface area contributed by atoms with E-state index in [-0.39, 0.29) is 12.1 Å². The molecule has 0 aromatic heterocycles. The van der Waals surface area contributed by atoms with Crippen LogP contribution in [-0.4, -0.2) is 41.3 Å². The fraction of sp³-hybridized carbons (Fsp3) is 0.429. The van der Waals surface area contributed by atoms with E-state index in [1.165, 1.54) is 10.5 Å². The molecule has 98 valence electrons. The molecule has 1 aromatic rings. The maximum absolute atomic E-state index is 11.1. The number of nitrogens with zero attached hydrogens (tertiary/aromatic N) is 3. The second kappa shape index (κ2) is 4.16. The summed E-state index contributed by atoms with van der Waals surface area (Å²) in [5.74, 6) is 0. The van der Waals surface area contributed by atoms with Crippen LogP contribution in [0.4, 0.5) is 10.5 Å². The molecular formula is C14H15N3O2. The maximum atomic E-state index is 11.1. The molecule has 1 fully saturated rings. The smallest absolute Gasteiger partial charge is 0.407 e. The van der Waals surface area contributed by atoms with E-state index >= 15 is 0 Å². The summed E-state index contributed by atoms with van der Waals surface area (Å²) >= 11 is 0. The summed E-state index contributed by atoms with van der Waals surface area (Å²) in [4.78, 5) is 14.9. The number of piperazine rings is 1. The van der Waals surface area contributed by atoms with Crippen molar-refractivity contribution < 1.29 is 9.90 Å². The Hall–Kier alpha value is -2.22. The highest BCUT2D eigenvalue weighted by atomic mass is 16.4. The SMILES string of the molecule is C[C@@H]1CN(C(=O)O)C[C@H]2Cc3ccc(C#N)cc3N21.